The Morgan fingerprint density at radius 1 is 1.14 bits per heavy atom. The van der Waals surface area contributed by atoms with E-state index in [1.54, 1.807) is 12.2 Å². The van der Waals surface area contributed by atoms with E-state index < -0.39 is 0 Å². The highest BCUT2D eigenvalue weighted by atomic mass is 16.1. The quantitative estimate of drug-likeness (QED) is 0.506. The van der Waals surface area contributed by atoms with Gasteiger partial charge in [0.25, 0.3) is 0 Å². The SMILES string of the molecule is CCC1C(N=C=O)CCCC1N=C=O. The van der Waals surface area contributed by atoms with E-state index in [2.05, 4.69) is 9.98 Å². The first-order valence-electron chi connectivity index (χ1n) is 4.97. The number of nitrogens with zero attached hydrogens (tertiary/aromatic N) is 2. The predicted molar refractivity (Wildman–Crippen MR) is 51.5 cm³/mol. The fraction of sp³-hybridized carbons (Fsp3) is 0.800. The molecule has 0 heterocycles. The number of carbonyl (C=O) groups excluding carboxylic acids is 2. The molecule has 0 N–H and O–H groups in total. The lowest BCUT2D eigenvalue weighted by atomic mass is 9.79. The first-order valence-corrected chi connectivity index (χ1v) is 4.97. The number of hydrogen-bond acceptors (Lipinski definition) is 4. The fourth-order valence-electron chi connectivity index (χ4n) is 2.22. The molecule has 14 heavy (non-hydrogen) atoms. The molecule has 4 nitrogen and oxygen atoms in total. The first kappa shape index (κ1) is 10.8. The van der Waals surface area contributed by atoms with Crippen molar-refractivity contribution in [2.45, 2.75) is 44.7 Å². The molecule has 1 fully saturated rings. The average molecular weight is 194 g/mol. The Morgan fingerprint density at radius 2 is 1.64 bits per heavy atom. The minimum absolute atomic E-state index is 0.00616. The Hall–Kier alpha value is -1.24. The van der Waals surface area contributed by atoms with Crippen LogP contribution in [0.3, 0.4) is 0 Å². The zero-order chi connectivity index (χ0) is 10.4. The van der Waals surface area contributed by atoms with Crippen molar-refractivity contribution in [2.24, 2.45) is 15.9 Å². The lowest BCUT2D eigenvalue weighted by molar-refractivity contribution is 0.262. The van der Waals surface area contributed by atoms with Crippen LogP contribution in [0.25, 0.3) is 0 Å². The van der Waals surface area contributed by atoms with Crippen LogP contribution in [-0.4, -0.2) is 24.2 Å². The molecule has 4 heteroatoms. The zero-order valence-corrected chi connectivity index (χ0v) is 8.27. The van der Waals surface area contributed by atoms with Crippen molar-refractivity contribution in [2.75, 3.05) is 0 Å². The van der Waals surface area contributed by atoms with Crippen LogP contribution >= 0.6 is 0 Å². The Labute approximate surface area is 83.1 Å². The van der Waals surface area contributed by atoms with Gasteiger partial charge in [-0.2, -0.15) is 0 Å². The maximum Gasteiger partial charge on any atom is 0.235 e. The van der Waals surface area contributed by atoms with Gasteiger partial charge >= 0.3 is 0 Å². The predicted octanol–water partition coefficient (Wildman–Crippen LogP) is 1.61. The van der Waals surface area contributed by atoms with Crippen LogP contribution in [0.1, 0.15) is 32.6 Å². The van der Waals surface area contributed by atoms with E-state index in [0.29, 0.717) is 0 Å². The molecule has 1 saturated carbocycles. The van der Waals surface area contributed by atoms with Crippen LogP contribution in [0.15, 0.2) is 9.98 Å². The first-order chi connectivity index (χ1) is 6.83. The molecule has 0 aromatic heterocycles. The summed E-state index contributed by atoms with van der Waals surface area (Å²) in [4.78, 5) is 27.9. The van der Waals surface area contributed by atoms with Crippen molar-refractivity contribution in [1.29, 1.82) is 0 Å². The summed E-state index contributed by atoms with van der Waals surface area (Å²) in [6, 6.07) is -0.0123. The van der Waals surface area contributed by atoms with Gasteiger partial charge in [0.1, 0.15) is 0 Å². The molecule has 2 unspecified atom stereocenters. The molecule has 0 bridgehead atoms. The van der Waals surface area contributed by atoms with Crippen molar-refractivity contribution in [3.63, 3.8) is 0 Å². The van der Waals surface area contributed by atoms with Crippen molar-refractivity contribution in [3.8, 4) is 0 Å². The summed E-state index contributed by atoms with van der Waals surface area (Å²) in [5.41, 5.74) is 0. The molecule has 0 amide bonds. The minimum Gasteiger partial charge on any atom is -0.211 e. The van der Waals surface area contributed by atoms with Crippen LogP contribution in [-0.2, 0) is 9.59 Å². The molecule has 1 aliphatic carbocycles. The van der Waals surface area contributed by atoms with E-state index in [0.717, 1.165) is 25.7 Å². The lowest BCUT2D eigenvalue weighted by Gasteiger charge is -2.31. The number of hydrogen-bond donors (Lipinski definition) is 0. The van der Waals surface area contributed by atoms with Crippen LogP contribution in [0, 0.1) is 5.92 Å². The third kappa shape index (κ3) is 2.38. The van der Waals surface area contributed by atoms with Crippen molar-refractivity contribution in [1.82, 2.24) is 0 Å². The Morgan fingerprint density at radius 3 is 2.00 bits per heavy atom. The molecule has 0 saturated heterocycles. The fourth-order valence-corrected chi connectivity index (χ4v) is 2.22. The van der Waals surface area contributed by atoms with Crippen molar-refractivity contribution in [3.05, 3.63) is 0 Å². The van der Waals surface area contributed by atoms with Crippen molar-refractivity contribution >= 4 is 12.2 Å². The lowest BCUT2D eigenvalue weighted by Crippen LogP contribution is -2.33. The van der Waals surface area contributed by atoms with Crippen LogP contribution < -0.4 is 0 Å². The second-order valence-electron chi connectivity index (χ2n) is 3.58. The summed E-state index contributed by atoms with van der Waals surface area (Å²) in [7, 11) is 0. The summed E-state index contributed by atoms with van der Waals surface area (Å²) < 4.78 is 0. The Kier molecular flexibility index (Phi) is 4.24. The topological polar surface area (TPSA) is 58.9 Å². The van der Waals surface area contributed by atoms with Crippen molar-refractivity contribution < 1.29 is 9.59 Å². The van der Waals surface area contributed by atoms with E-state index in [9.17, 15) is 9.59 Å². The molecule has 1 aliphatic rings. The standard InChI is InChI=1S/C10H14N2O2/c1-2-8-9(11-6-13)4-3-5-10(8)12-7-14/h8-10H,2-5H2,1H3. The highest BCUT2D eigenvalue weighted by molar-refractivity contribution is 5.35. The monoisotopic (exact) mass is 194 g/mol. The summed E-state index contributed by atoms with van der Waals surface area (Å²) >= 11 is 0. The number of isocyanates is 2. The number of aliphatic imine (C=N–C) groups is 2. The minimum atomic E-state index is -0.00616. The molecule has 0 aromatic rings. The maximum atomic E-state index is 10.2. The summed E-state index contributed by atoms with van der Waals surface area (Å²) in [6.07, 6.45) is 6.84. The molecule has 2 atom stereocenters. The van der Waals surface area contributed by atoms with E-state index in [4.69, 9.17) is 0 Å². The van der Waals surface area contributed by atoms with Gasteiger partial charge in [0, 0.05) is 5.92 Å². The molecule has 0 radical (unpaired) electrons. The molecule has 76 valence electrons. The van der Waals surface area contributed by atoms with E-state index in [-0.39, 0.29) is 18.0 Å². The second-order valence-corrected chi connectivity index (χ2v) is 3.58. The van der Waals surface area contributed by atoms with Gasteiger partial charge in [0.15, 0.2) is 0 Å². The van der Waals surface area contributed by atoms with Gasteiger partial charge in [-0.25, -0.2) is 19.6 Å². The van der Waals surface area contributed by atoms with Gasteiger partial charge in [0.05, 0.1) is 12.1 Å². The van der Waals surface area contributed by atoms with Gasteiger partial charge in [-0.15, -0.1) is 0 Å². The number of rotatable bonds is 3. The molecular formula is C10H14N2O2. The molecule has 0 spiro atoms. The second kappa shape index (κ2) is 5.48. The highest BCUT2D eigenvalue weighted by Crippen LogP contribution is 2.31. The summed E-state index contributed by atoms with van der Waals surface area (Å²) in [5, 5.41) is 0. The summed E-state index contributed by atoms with van der Waals surface area (Å²) in [5.74, 6) is 0.201. The third-order valence-electron chi connectivity index (χ3n) is 2.90. The van der Waals surface area contributed by atoms with E-state index in [1.807, 2.05) is 6.92 Å². The van der Waals surface area contributed by atoms with Crippen LogP contribution in [0.2, 0.25) is 0 Å². The van der Waals surface area contributed by atoms with Gasteiger partial charge < -0.3 is 0 Å². The zero-order valence-electron chi connectivity index (χ0n) is 8.27. The van der Waals surface area contributed by atoms with Gasteiger partial charge in [-0.05, 0) is 25.7 Å². The van der Waals surface area contributed by atoms with E-state index >= 15 is 0 Å². The smallest absolute Gasteiger partial charge is 0.211 e. The van der Waals surface area contributed by atoms with Gasteiger partial charge in [-0.1, -0.05) is 6.92 Å². The largest absolute Gasteiger partial charge is 0.235 e. The van der Waals surface area contributed by atoms with Gasteiger partial charge in [0.2, 0.25) is 12.2 Å². The summed E-state index contributed by atoms with van der Waals surface area (Å²) in [6.45, 7) is 2.02. The van der Waals surface area contributed by atoms with Crippen LogP contribution in [0.5, 0.6) is 0 Å². The Balaban J connectivity index is 2.78. The molecule has 0 aliphatic heterocycles. The van der Waals surface area contributed by atoms with E-state index in [1.165, 1.54) is 0 Å². The molecule has 0 aromatic carbocycles. The Bertz CT molecular complexity index is 252. The molecular weight excluding hydrogens is 180 g/mol. The third-order valence-corrected chi connectivity index (χ3v) is 2.90. The maximum absolute atomic E-state index is 10.2. The average Bonchev–Trinajstić information content (AvgIpc) is 2.19. The van der Waals surface area contributed by atoms with Crippen LogP contribution in [0.4, 0.5) is 0 Å². The normalized spacial score (nSPS) is 31.4. The highest BCUT2D eigenvalue weighted by Gasteiger charge is 2.31. The molecule has 1 rings (SSSR count). The van der Waals surface area contributed by atoms with Gasteiger partial charge in [-0.3, -0.25) is 0 Å².